The monoisotopic (exact) mass is 249 g/mol. The number of halogens is 3. The van der Waals surface area contributed by atoms with Gasteiger partial charge in [0.15, 0.2) is 5.69 Å². The van der Waals surface area contributed by atoms with Crippen molar-refractivity contribution >= 4 is 5.91 Å². The Bertz CT molecular complexity index is 449. The molecule has 1 saturated heterocycles. The number of amides is 1. The lowest BCUT2D eigenvalue weighted by atomic mass is 10.1. The van der Waals surface area contributed by atoms with E-state index in [0.717, 1.165) is 15.8 Å². The summed E-state index contributed by atoms with van der Waals surface area (Å²) in [4.78, 5) is 12.9. The molecule has 1 aromatic rings. The van der Waals surface area contributed by atoms with Gasteiger partial charge in [-0.2, -0.15) is 18.3 Å². The van der Waals surface area contributed by atoms with E-state index < -0.39 is 29.4 Å². The molecular formula is C9H10F3N3O2. The van der Waals surface area contributed by atoms with Crippen LogP contribution in [0.4, 0.5) is 13.2 Å². The van der Waals surface area contributed by atoms with Crippen molar-refractivity contribution in [1.29, 1.82) is 0 Å². The van der Waals surface area contributed by atoms with Gasteiger partial charge in [-0.1, -0.05) is 0 Å². The van der Waals surface area contributed by atoms with Crippen LogP contribution in [0.3, 0.4) is 0 Å². The van der Waals surface area contributed by atoms with E-state index in [1.807, 2.05) is 0 Å². The predicted octanol–water partition coefficient (Wildman–Crippen LogP) is 0.256. The fourth-order valence-electron chi connectivity index (χ4n) is 1.65. The Morgan fingerprint density at radius 1 is 1.53 bits per heavy atom. The highest BCUT2D eigenvalue weighted by atomic mass is 19.4. The molecular weight excluding hydrogens is 239 g/mol. The van der Waals surface area contributed by atoms with E-state index in [-0.39, 0.29) is 13.1 Å². The molecule has 0 aromatic carbocycles. The fourth-order valence-corrected chi connectivity index (χ4v) is 1.65. The fraction of sp³-hybridized carbons (Fsp3) is 0.556. The van der Waals surface area contributed by atoms with Crippen molar-refractivity contribution in [2.75, 3.05) is 13.1 Å². The van der Waals surface area contributed by atoms with Crippen LogP contribution in [0.5, 0.6) is 0 Å². The molecule has 0 atom stereocenters. The van der Waals surface area contributed by atoms with Crippen LogP contribution >= 0.6 is 0 Å². The third-order valence-corrected chi connectivity index (χ3v) is 2.48. The molecule has 8 heteroatoms. The van der Waals surface area contributed by atoms with Gasteiger partial charge in [0.2, 0.25) is 0 Å². The highest BCUT2D eigenvalue weighted by molar-refractivity contribution is 5.95. The highest BCUT2D eigenvalue weighted by Gasteiger charge is 2.41. The zero-order valence-electron chi connectivity index (χ0n) is 8.90. The lowest BCUT2D eigenvalue weighted by Gasteiger charge is -2.35. The Kier molecular flexibility index (Phi) is 2.61. The molecule has 1 fully saturated rings. The van der Waals surface area contributed by atoms with E-state index in [2.05, 4.69) is 5.10 Å². The van der Waals surface area contributed by atoms with E-state index in [1.165, 1.54) is 7.05 Å². The Balaban J connectivity index is 2.29. The SMILES string of the molecule is Cn1cc(C(=O)N2CC(O)C2)c(C(F)(F)F)n1. The van der Waals surface area contributed by atoms with Crippen molar-refractivity contribution < 1.29 is 23.1 Å². The number of aliphatic hydroxyl groups is 1. The van der Waals surface area contributed by atoms with Crippen molar-refractivity contribution in [2.45, 2.75) is 12.3 Å². The van der Waals surface area contributed by atoms with Crippen molar-refractivity contribution in [3.8, 4) is 0 Å². The number of likely N-dealkylation sites (tertiary alicyclic amines) is 1. The summed E-state index contributed by atoms with van der Waals surface area (Å²) in [6.45, 7) is 0.121. The second kappa shape index (κ2) is 3.73. The first kappa shape index (κ1) is 11.9. The van der Waals surface area contributed by atoms with Gasteiger partial charge in [-0.25, -0.2) is 0 Å². The summed E-state index contributed by atoms with van der Waals surface area (Å²) < 4.78 is 38.7. The van der Waals surface area contributed by atoms with Crippen LogP contribution in [0.15, 0.2) is 6.20 Å². The van der Waals surface area contributed by atoms with Crippen molar-refractivity contribution in [1.82, 2.24) is 14.7 Å². The number of aliphatic hydroxyl groups excluding tert-OH is 1. The molecule has 94 valence electrons. The van der Waals surface area contributed by atoms with E-state index >= 15 is 0 Å². The minimum absolute atomic E-state index is 0.0605. The van der Waals surface area contributed by atoms with Crippen LogP contribution in [0.1, 0.15) is 16.1 Å². The molecule has 0 bridgehead atoms. The molecule has 0 unspecified atom stereocenters. The van der Waals surface area contributed by atoms with E-state index in [1.54, 1.807) is 0 Å². The summed E-state index contributed by atoms with van der Waals surface area (Å²) in [5.74, 6) is -0.754. The summed E-state index contributed by atoms with van der Waals surface area (Å²) in [7, 11) is 1.32. The van der Waals surface area contributed by atoms with Crippen molar-refractivity contribution in [3.63, 3.8) is 0 Å². The maximum atomic E-state index is 12.6. The number of rotatable bonds is 1. The number of β-amino-alcohol motifs (C(OH)–C–C–N with tert-alkyl or cyclic N) is 1. The minimum atomic E-state index is -4.66. The summed E-state index contributed by atoms with van der Waals surface area (Å²) in [5, 5.41) is 12.3. The van der Waals surface area contributed by atoms with E-state index in [0.29, 0.717) is 0 Å². The molecule has 1 aliphatic heterocycles. The number of alkyl halides is 3. The second-order valence-electron chi connectivity index (χ2n) is 3.93. The van der Waals surface area contributed by atoms with Crippen molar-refractivity contribution in [2.24, 2.45) is 7.05 Å². The number of nitrogens with zero attached hydrogens (tertiary/aromatic N) is 3. The van der Waals surface area contributed by atoms with Gasteiger partial charge < -0.3 is 10.0 Å². The molecule has 0 spiro atoms. The summed E-state index contributed by atoms with van der Waals surface area (Å²) >= 11 is 0. The normalized spacial score (nSPS) is 17.1. The zero-order valence-corrected chi connectivity index (χ0v) is 8.90. The van der Waals surface area contributed by atoms with Gasteiger partial charge >= 0.3 is 6.18 Å². The van der Waals surface area contributed by atoms with Crippen LogP contribution in [0, 0.1) is 0 Å². The quantitative estimate of drug-likeness (QED) is 0.776. The number of carbonyl (C=O) groups excluding carboxylic acids is 1. The topological polar surface area (TPSA) is 58.4 Å². The van der Waals surface area contributed by atoms with Crippen LogP contribution in [0.25, 0.3) is 0 Å². The summed E-state index contributed by atoms with van der Waals surface area (Å²) in [6.07, 6.45) is -4.27. The third kappa shape index (κ3) is 2.12. The van der Waals surface area contributed by atoms with Crippen LogP contribution in [0.2, 0.25) is 0 Å². The summed E-state index contributed by atoms with van der Waals surface area (Å²) in [5.41, 5.74) is -1.67. The molecule has 0 saturated carbocycles. The van der Waals surface area contributed by atoms with Gasteiger partial charge in [-0.3, -0.25) is 9.48 Å². The van der Waals surface area contributed by atoms with Gasteiger partial charge in [0.1, 0.15) is 0 Å². The molecule has 5 nitrogen and oxygen atoms in total. The first-order valence-electron chi connectivity index (χ1n) is 4.87. The standard InChI is InChI=1S/C9H10F3N3O2/c1-14-4-6(7(13-14)9(10,11)12)8(17)15-2-5(16)3-15/h4-5,16H,2-3H2,1H3. The van der Waals surface area contributed by atoms with Gasteiger partial charge in [0, 0.05) is 26.3 Å². The highest BCUT2D eigenvalue weighted by Crippen LogP contribution is 2.31. The molecule has 2 rings (SSSR count). The molecule has 1 amide bonds. The lowest BCUT2D eigenvalue weighted by Crippen LogP contribution is -2.53. The molecule has 1 N–H and O–H groups in total. The Morgan fingerprint density at radius 2 is 2.12 bits per heavy atom. The van der Waals surface area contributed by atoms with Crippen molar-refractivity contribution in [3.05, 3.63) is 17.5 Å². The minimum Gasteiger partial charge on any atom is -0.389 e. The largest absolute Gasteiger partial charge is 0.435 e. The first-order valence-corrected chi connectivity index (χ1v) is 4.87. The predicted molar refractivity (Wildman–Crippen MR) is 50.1 cm³/mol. The number of aryl methyl sites for hydroxylation is 1. The molecule has 1 aliphatic rings. The molecule has 1 aromatic heterocycles. The zero-order chi connectivity index (χ0) is 12.8. The van der Waals surface area contributed by atoms with Gasteiger partial charge in [-0.15, -0.1) is 0 Å². The summed E-state index contributed by atoms with van der Waals surface area (Å²) in [6, 6.07) is 0. The number of aromatic nitrogens is 2. The van der Waals surface area contributed by atoms with E-state index in [9.17, 15) is 18.0 Å². The Hall–Kier alpha value is -1.57. The number of carbonyl (C=O) groups is 1. The first-order chi connectivity index (χ1) is 7.79. The second-order valence-corrected chi connectivity index (χ2v) is 3.93. The Labute approximate surface area is 94.4 Å². The lowest BCUT2D eigenvalue weighted by molar-refractivity contribution is -0.141. The third-order valence-electron chi connectivity index (χ3n) is 2.48. The van der Waals surface area contributed by atoms with Gasteiger partial charge in [0.25, 0.3) is 5.91 Å². The smallest absolute Gasteiger partial charge is 0.389 e. The van der Waals surface area contributed by atoms with Crippen LogP contribution in [-0.2, 0) is 13.2 Å². The Morgan fingerprint density at radius 3 is 2.59 bits per heavy atom. The average Bonchev–Trinajstić information content (AvgIpc) is 2.54. The maximum absolute atomic E-state index is 12.6. The maximum Gasteiger partial charge on any atom is 0.435 e. The number of hydrogen-bond acceptors (Lipinski definition) is 3. The van der Waals surface area contributed by atoms with E-state index in [4.69, 9.17) is 5.11 Å². The van der Waals surface area contributed by atoms with Crippen LogP contribution in [-0.4, -0.2) is 44.9 Å². The van der Waals surface area contributed by atoms with Crippen LogP contribution < -0.4 is 0 Å². The molecule has 2 heterocycles. The van der Waals surface area contributed by atoms with Gasteiger partial charge in [0.05, 0.1) is 11.7 Å². The molecule has 0 aliphatic carbocycles. The average molecular weight is 249 g/mol. The number of hydrogen-bond donors (Lipinski definition) is 1. The molecule has 0 radical (unpaired) electrons. The van der Waals surface area contributed by atoms with Gasteiger partial charge in [-0.05, 0) is 0 Å². The molecule has 17 heavy (non-hydrogen) atoms.